The molecule has 1 nitrogen and oxygen atoms in total. The van der Waals surface area contributed by atoms with E-state index in [2.05, 4.69) is 39.6 Å². The van der Waals surface area contributed by atoms with E-state index in [1.54, 1.807) is 0 Å². The molecule has 0 aromatic heterocycles. The van der Waals surface area contributed by atoms with Crippen LogP contribution in [0, 0.1) is 11.3 Å². The Morgan fingerprint density at radius 3 is 2.62 bits per heavy atom. The van der Waals surface area contributed by atoms with Gasteiger partial charge in [-0.3, -0.25) is 0 Å². The molecule has 1 aliphatic rings. The summed E-state index contributed by atoms with van der Waals surface area (Å²) in [5.41, 5.74) is 1.81. The molecule has 1 fully saturated rings. The minimum absolute atomic E-state index is 0.501. The predicted molar refractivity (Wildman–Crippen MR) is 72.6 cm³/mol. The van der Waals surface area contributed by atoms with Gasteiger partial charge in [0, 0.05) is 6.04 Å². The highest BCUT2D eigenvalue weighted by Crippen LogP contribution is 2.43. The van der Waals surface area contributed by atoms with E-state index < -0.39 is 0 Å². The molecule has 1 heteroatoms. The molecule has 0 aromatic carbocycles. The molecule has 1 rings (SSSR count). The molecule has 0 spiro atoms. The Labute approximate surface area is 102 Å². The van der Waals surface area contributed by atoms with Crippen molar-refractivity contribution < 1.29 is 0 Å². The normalized spacial score (nSPS) is 26.4. The number of hydrogen-bond donors (Lipinski definition) is 1. The van der Waals surface area contributed by atoms with Gasteiger partial charge < -0.3 is 5.32 Å². The van der Waals surface area contributed by atoms with Crippen LogP contribution >= 0.6 is 0 Å². The topological polar surface area (TPSA) is 12.0 Å². The van der Waals surface area contributed by atoms with Gasteiger partial charge in [-0.15, -0.1) is 6.58 Å². The fourth-order valence-corrected chi connectivity index (χ4v) is 3.26. The van der Waals surface area contributed by atoms with E-state index >= 15 is 0 Å². The molecule has 0 aliphatic heterocycles. The van der Waals surface area contributed by atoms with Crippen LogP contribution in [0.5, 0.6) is 0 Å². The Hall–Kier alpha value is -0.300. The molecule has 0 radical (unpaired) electrons. The molecule has 0 saturated heterocycles. The summed E-state index contributed by atoms with van der Waals surface area (Å²) < 4.78 is 0. The number of nitrogens with one attached hydrogen (secondary N) is 1. The van der Waals surface area contributed by atoms with E-state index in [0.717, 1.165) is 18.9 Å². The third kappa shape index (κ3) is 3.62. The van der Waals surface area contributed by atoms with Crippen molar-refractivity contribution in [2.24, 2.45) is 11.3 Å². The zero-order chi connectivity index (χ0) is 12.2. The van der Waals surface area contributed by atoms with Crippen molar-refractivity contribution >= 4 is 0 Å². The maximum Gasteiger partial charge on any atom is 0.0137 e. The minimum Gasteiger partial charge on any atom is -0.314 e. The van der Waals surface area contributed by atoms with Gasteiger partial charge in [-0.05, 0) is 44.1 Å². The van der Waals surface area contributed by atoms with Crippen molar-refractivity contribution in [1.82, 2.24) is 5.32 Å². The van der Waals surface area contributed by atoms with Crippen LogP contribution in [0.1, 0.15) is 59.8 Å². The lowest BCUT2D eigenvalue weighted by Crippen LogP contribution is -2.44. The zero-order valence-corrected chi connectivity index (χ0v) is 11.6. The highest BCUT2D eigenvalue weighted by atomic mass is 14.9. The van der Waals surface area contributed by atoms with E-state index in [1.807, 2.05) is 0 Å². The van der Waals surface area contributed by atoms with Crippen LogP contribution in [-0.4, -0.2) is 12.6 Å². The Kier molecular flexibility index (Phi) is 5.04. The van der Waals surface area contributed by atoms with Crippen LogP contribution in [0.2, 0.25) is 0 Å². The summed E-state index contributed by atoms with van der Waals surface area (Å²) in [6.07, 6.45) is 6.73. The summed E-state index contributed by atoms with van der Waals surface area (Å²) in [4.78, 5) is 0. The minimum atomic E-state index is 0.501. The molecule has 2 atom stereocenters. The SMILES string of the molecule is C=C(C)CC(NCC)C1CCCCC1(C)C. The highest BCUT2D eigenvalue weighted by Gasteiger charge is 2.36. The summed E-state index contributed by atoms with van der Waals surface area (Å²) in [7, 11) is 0. The highest BCUT2D eigenvalue weighted by molar-refractivity contribution is 4.99. The van der Waals surface area contributed by atoms with Crippen molar-refractivity contribution in [1.29, 1.82) is 0 Å². The van der Waals surface area contributed by atoms with E-state index in [0.29, 0.717) is 11.5 Å². The van der Waals surface area contributed by atoms with Crippen molar-refractivity contribution in [3.8, 4) is 0 Å². The maximum atomic E-state index is 4.08. The molecular weight excluding hydrogens is 194 g/mol. The van der Waals surface area contributed by atoms with Gasteiger partial charge in [0.1, 0.15) is 0 Å². The fourth-order valence-electron chi connectivity index (χ4n) is 3.26. The lowest BCUT2D eigenvalue weighted by molar-refractivity contribution is 0.0988. The number of hydrogen-bond acceptors (Lipinski definition) is 1. The van der Waals surface area contributed by atoms with Gasteiger partial charge in [0.2, 0.25) is 0 Å². The maximum absolute atomic E-state index is 4.08. The van der Waals surface area contributed by atoms with Crippen LogP contribution in [0.4, 0.5) is 0 Å². The Morgan fingerprint density at radius 1 is 1.44 bits per heavy atom. The zero-order valence-electron chi connectivity index (χ0n) is 11.6. The molecule has 1 N–H and O–H groups in total. The summed E-state index contributed by atoms with van der Waals surface area (Å²) >= 11 is 0. The van der Waals surface area contributed by atoms with Crippen LogP contribution < -0.4 is 5.32 Å². The van der Waals surface area contributed by atoms with Crippen LogP contribution in [0.25, 0.3) is 0 Å². The second-order valence-corrected chi connectivity index (χ2v) is 6.17. The molecule has 16 heavy (non-hydrogen) atoms. The average molecular weight is 223 g/mol. The Morgan fingerprint density at radius 2 is 2.12 bits per heavy atom. The first kappa shape index (κ1) is 13.8. The quantitative estimate of drug-likeness (QED) is 0.691. The van der Waals surface area contributed by atoms with E-state index in [-0.39, 0.29) is 0 Å². The largest absolute Gasteiger partial charge is 0.314 e. The van der Waals surface area contributed by atoms with Gasteiger partial charge in [0.15, 0.2) is 0 Å². The van der Waals surface area contributed by atoms with Crippen LogP contribution in [-0.2, 0) is 0 Å². The van der Waals surface area contributed by atoms with Crippen molar-refractivity contribution in [3.05, 3.63) is 12.2 Å². The Balaban J connectivity index is 2.70. The van der Waals surface area contributed by atoms with Crippen LogP contribution in [0.15, 0.2) is 12.2 Å². The number of rotatable bonds is 5. The van der Waals surface area contributed by atoms with Gasteiger partial charge in [-0.2, -0.15) is 0 Å². The van der Waals surface area contributed by atoms with Gasteiger partial charge in [-0.1, -0.05) is 39.2 Å². The summed E-state index contributed by atoms with van der Waals surface area (Å²) in [6.45, 7) is 14.4. The second-order valence-electron chi connectivity index (χ2n) is 6.17. The van der Waals surface area contributed by atoms with Crippen molar-refractivity contribution in [3.63, 3.8) is 0 Å². The molecule has 0 aromatic rings. The van der Waals surface area contributed by atoms with Gasteiger partial charge in [-0.25, -0.2) is 0 Å². The molecule has 0 amide bonds. The van der Waals surface area contributed by atoms with Gasteiger partial charge in [0.05, 0.1) is 0 Å². The van der Waals surface area contributed by atoms with Crippen molar-refractivity contribution in [2.75, 3.05) is 6.54 Å². The standard InChI is InChI=1S/C15H29N/c1-6-16-14(11-12(2)3)13-9-7-8-10-15(13,4)5/h13-14,16H,2,6-11H2,1,3-5H3. The third-order valence-electron chi connectivity index (χ3n) is 4.11. The fraction of sp³-hybridized carbons (Fsp3) is 0.867. The third-order valence-corrected chi connectivity index (χ3v) is 4.11. The molecule has 1 saturated carbocycles. The summed E-state index contributed by atoms with van der Waals surface area (Å²) in [5, 5.41) is 3.68. The second kappa shape index (κ2) is 5.86. The van der Waals surface area contributed by atoms with Gasteiger partial charge in [0.25, 0.3) is 0 Å². The first-order valence-corrected chi connectivity index (χ1v) is 6.85. The predicted octanol–water partition coefficient (Wildman–Crippen LogP) is 4.15. The lowest BCUT2D eigenvalue weighted by Gasteiger charge is -2.43. The molecule has 0 heterocycles. The summed E-state index contributed by atoms with van der Waals surface area (Å²) in [5.74, 6) is 0.817. The first-order valence-electron chi connectivity index (χ1n) is 6.85. The molecule has 2 unspecified atom stereocenters. The lowest BCUT2D eigenvalue weighted by atomic mass is 9.65. The smallest absolute Gasteiger partial charge is 0.0137 e. The molecule has 94 valence electrons. The first-order chi connectivity index (χ1) is 7.47. The monoisotopic (exact) mass is 223 g/mol. The van der Waals surface area contributed by atoms with E-state index in [9.17, 15) is 0 Å². The van der Waals surface area contributed by atoms with E-state index in [4.69, 9.17) is 0 Å². The van der Waals surface area contributed by atoms with E-state index in [1.165, 1.54) is 31.3 Å². The summed E-state index contributed by atoms with van der Waals surface area (Å²) in [6, 6.07) is 0.637. The van der Waals surface area contributed by atoms with Gasteiger partial charge >= 0.3 is 0 Å². The average Bonchev–Trinajstić information content (AvgIpc) is 2.15. The molecule has 1 aliphatic carbocycles. The van der Waals surface area contributed by atoms with Crippen LogP contribution in [0.3, 0.4) is 0 Å². The molecule has 0 bridgehead atoms. The molecular formula is C15H29N. The Bertz CT molecular complexity index is 230. The van der Waals surface area contributed by atoms with Crippen molar-refractivity contribution in [2.45, 2.75) is 65.8 Å².